The summed E-state index contributed by atoms with van der Waals surface area (Å²) in [6, 6.07) is 16.3. The summed E-state index contributed by atoms with van der Waals surface area (Å²) in [5.41, 5.74) is 4.24. The van der Waals surface area contributed by atoms with Crippen molar-refractivity contribution in [2.45, 2.75) is 6.92 Å². The predicted octanol–water partition coefficient (Wildman–Crippen LogP) is 3.57. The van der Waals surface area contributed by atoms with E-state index in [4.69, 9.17) is 19.3 Å². The lowest BCUT2D eigenvalue weighted by Gasteiger charge is -2.26. The van der Waals surface area contributed by atoms with Crippen molar-refractivity contribution in [1.29, 1.82) is 0 Å². The van der Waals surface area contributed by atoms with Gasteiger partial charge < -0.3 is 14.2 Å². The smallest absolute Gasteiger partial charge is 0.241 e. The maximum absolute atomic E-state index is 6.13. The number of hydrogen-bond donors (Lipinski definition) is 0. The van der Waals surface area contributed by atoms with Crippen LogP contribution in [0.1, 0.15) is 5.56 Å². The Bertz CT molecular complexity index is 914. The van der Waals surface area contributed by atoms with Gasteiger partial charge in [-0.1, -0.05) is 29.8 Å². The molecule has 2 heterocycles. The fourth-order valence-electron chi connectivity index (χ4n) is 3.36. The summed E-state index contributed by atoms with van der Waals surface area (Å²) in [5.74, 6) is 1.47. The van der Waals surface area contributed by atoms with Crippen LogP contribution in [0.4, 0.5) is 0 Å². The highest BCUT2D eigenvalue weighted by atomic mass is 16.5. The van der Waals surface area contributed by atoms with Crippen molar-refractivity contribution in [2.24, 2.45) is 0 Å². The third-order valence-corrected chi connectivity index (χ3v) is 5.13. The second-order valence-electron chi connectivity index (χ2n) is 7.16. The van der Waals surface area contributed by atoms with Crippen molar-refractivity contribution in [2.75, 3.05) is 46.6 Å². The summed E-state index contributed by atoms with van der Waals surface area (Å²) in [5, 5.41) is 4.73. The molecule has 1 fully saturated rings. The Morgan fingerprint density at radius 1 is 1.00 bits per heavy atom. The van der Waals surface area contributed by atoms with Crippen LogP contribution < -0.4 is 9.47 Å². The SMILES string of the molecule is COc1ccc(-c2cn(-c3ccc(C)cc3)nc2OCCN2CCOCC2)cc1. The maximum Gasteiger partial charge on any atom is 0.241 e. The van der Waals surface area contributed by atoms with Crippen molar-refractivity contribution in [3.05, 3.63) is 60.3 Å². The second kappa shape index (κ2) is 9.11. The molecule has 4 rings (SSSR count). The van der Waals surface area contributed by atoms with Crippen LogP contribution in [-0.2, 0) is 4.74 Å². The molecule has 1 aromatic heterocycles. The second-order valence-corrected chi connectivity index (χ2v) is 7.16. The predicted molar refractivity (Wildman–Crippen MR) is 113 cm³/mol. The van der Waals surface area contributed by atoms with Gasteiger partial charge in [-0.15, -0.1) is 5.10 Å². The van der Waals surface area contributed by atoms with E-state index in [1.165, 1.54) is 5.56 Å². The molecule has 0 aliphatic carbocycles. The third kappa shape index (κ3) is 4.78. The van der Waals surface area contributed by atoms with Gasteiger partial charge >= 0.3 is 0 Å². The monoisotopic (exact) mass is 393 g/mol. The zero-order valence-electron chi connectivity index (χ0n) is 17.0. The molecule has 0 amide bonds. The third-order valence-electron chi connectivity index (χ3n) is 5.13. The van der Waals surface area contributed by atoms with Crippen molar-refractivity contribution < 1.29 is 14.2 Å². The molecule has 1 aliphatic heterocycles. The topological polar surface area (TPSA) is 48.8 Å². The van der Waals surface area contributed by atoms with Crippen molar-refractivity contribution in [3.8, 4) is 28.4 Å². The van der Waals surface area contributed by atoms with E-state index < -0.39 is 0 Å². The molecule has 29 heavy (non-hydrogen) atoms. The Kier molecular flexibility index (Phi) is 6.12. The van der Waals surface area contributed by atoms with Gasteiger partial charge in [-0.25, -0.2) is 4.68 Å². The van der Waals surface area contributed by atoms with Crippen LogP contribution >= 0.6 is 0 Å². The number of hydrogen-bond acceptors (Lipinski definition) is 5. The Labute approximate surface area is 171 Å². The van der Waals surface area contributed by atoms with E-state index in [-0.39, 0.29) is 0 Å². The summed E-state index contributed by atoms with van der Waals surface area (Å²) >= 11 is 0. The minimum Gasteiger partial charge on any atom is -0.497 e. The van der Waals surface area contributed by atoms with Gasteiger partial charge in [0.05, 0.1) is 31.6 Å². The first-order chi connectivity index (χ1) is 14.2. The molecule has 0 unspecified atom stereocenters. The summed E-state index contributed by atoms with van der Waals surface area (Å²) in [7, 11) is 1.67. The first-order valence-electron chi connectivity index (χ1n) is 9.97. The number of morpholine rings is 1. The Morgan fingerprint density at radius 3 is 2.41 bits per heavy atom. The molecule has 0 atom stereocenters. The number of nitrogens with zero attached hydrogens (tertiary/aromatic N) is 3. The lowest BCUT2D eigenvalue weighted by atomic mass is 10.1. The fraction of sp³-hybridized carbons (Fsp3) is 0.348. The molecule has 0 spiro atoms. The number of methoxy groups -OCH3 is 1. The van der Waals surface area contributed by atoms with Gasteiger partial charge in [0.25, 0.3) is 0 Å². The number of aryl methyl sites for hydroxylation is 1. The average molecular weight is 393 g/mol. The largest absolute Gasteiger partial charge is 0.497 e. The molecule has 6 nitrogen and oxygen atoms in total. The van der Waals surface area contributed by atoms with Crippen LogP contribution in [0.25, 0.3) is 16.8 Å². The van der Waals surface area contributed by atoms with Gasteiger partial charge in [-0.05, 0) is 36.8 Å². The van der Waals surface area contributed by atoms with Crippen LogP contribution in [0.15, 0.2) is 54.7 Å². The van der Waals surface area contributed by atoms with Gasteiger partial charge in [0.15, 0.2) is 0 Å². The quantitative estimate of drug-likeness (QED) is 0.614. The zero-order chi connectivity index (χ0) is 20.1. The summed E-state index contributed by atoms with van der Waals surface area (Å²) in [6.07, 6.45) is 2.02. The number of benzene rings is 2. The van der Waals surface area contributed by atoms with Gasteiger partial charge in [0.2, 0.25) is 5.88 Å². The van der Waals surface area contributed by atoms with E-state index in [1.807, 2.05) is 35.1 Å². The van der Waals surface area contributed by atoms with Crippen LogP contribution in [0.5, 0.6) is 11.6 Å². The van der Waals surface area contributed by atoms with E-state index in [1.54, 1.807) is 7.11 Å². The number of rotatable bonds is 7. The van der Waals surface area contributed by atoms with Crippen LogP contribution in [0, 0.1) is 6.92 Å². The molecule has 152 valence electrons. The van der Waals surface area contributed by atoms with E-state index >= 15 is 0 Å². The molecule has 1 saturated heterocycles. The lowest BCUT2D eigenvalue weighted by molar-refractivity contribution is 0.0320. The molecule has 0 N–H and O–H groups in total. The van der Waals surface area contributed by atoms with Crippen molar-refractivity contribution in [3.63, 3.8) is 0 Å². The Morgan fingerprint density at radius 2 is 1.72 bits per heavy atom. The maximum atomic E-state index is 6.13. The van der Waals surface area contributed by atoms with Gasteiger partial charge in [0.1, 0.15) is 12.4 Å². The minimum absolute atomic E-state index is 0.591. The van der Waals surface area contributed by atoms with E-state index in [0.29, 0.717) is 12.5 Å². The highest BCUT2D eigenvalue weighted by Crippen LogP contribution is 2.31. The van der Waals surface area contributed by atoms with Gasteiger partial charge in [-0.2, -0.15) is 0 Å². The summed E-state index contributed by atoms with van der Waals surface area (Å²) in [6.45, 7) is 7.02. The van der Waals surface area contributed by atoms with Crippen LogP contribution in [0.2, 0.25) is 0 Å². The normalized spacial score (nSPS) is 14.7. The van der Waals surface area contributed by atoms with Crippen LogP contribution in [0.3, 0.4) is 0 Å². The van der Waals surface area contributed by atoms with Crippen molar-refractivity contribution >= 4 is 0 Å². The number of aromatic nitrogens is 2. The van der Waals surface area contributed by atoms with E-state index in [0.717, 1.165) is 55.4 Å². The average Bonchev–Trinajstić information content (AvgIpc) is 3.19. The summed E-state index contributed by atoms with van der Waals surface area (Å²) in [4.78, 5) is 2.35. The highest BCUT2D eigenvalue weighted by Gasteiger charge is 2.15. The molecular formula is C23H27N3O3. The molecule has 2 aromatic carbocycles. The molecule has 1 aliphatic rings. The highest BCUT2D eigenvalue weighted by molar-refractivity contribution is 5.69. The fourth-order valence-corrected chi connectivity index (χ4v) is 3.36. The number of ether oxygens (including phenoxy) is 3. The van der Waals surface area contributed by atoms with Gasteiger partial charge in [0, 0.05) is 25.8 Å². The van der Waals surface area contributed by atoms with Crippen LogP contribution in [-0.4, -0.2) is 61.2 Å². The molecular weight excluding hydrogens is 366 g/mol. The molecule has 6 heteroatoms. The van der Waals surface area contributed by atoms with Crippen molar-refractivity contribution in [1.82, 2.24) is 14.7 Å². The Balaban J connectivity index is 1.57. The molecule has 3 aromatic rings. The summed E-state index contributed by atoms with van der Waals surface area (Å²) < 4.78 is 18.7. The first kappa shape index (κ1) is 19.5. The minimum atomic E-state index is 0.591. The standard InChI is InChI=1S/C23H27N3O3/c1-18-3-7-20(8-4-18)26-17-22(19-5-9-21(27-2)10-6-19)23(24-26)29-16-13-25-11-14-28-15-12-25/h3-10,17H,11-16H2,1-2H3. The van der Waals surface area contributed by atoms with E-state index in [2.05, 4.69) is 36.1 Å². The van der Waals surface area contributed by atoms with Gasteiger partial charge in [-0.3, -0.25) is 4.90 Å². The zero-order valence-corrected chi connectivity index (χ0v) is 17.0. The first-order valence-corrected chi connectivity index (χ1v) is 9.97. The molecule has 0 bridgehead atoms. The molecule has 0 radical (unpaired) electrons. The lowest BCUT2D eigenvalue weighted by Crippen LogP contribution is -2.38. The Hall–Kier alpha value is -2.83. The molecule has 0 saturated carbocycles. The van der Waals surface area contributed by atoms with E-state index in [9.17, 15) is 0 Å².